The van der Waals surface area contributed by atoms with E-state index in [0.29, 0.717) is 18.7 Å². The van der Waals surface area contributed by atoms with Crippen LogP contribution in [0.15, 0.2) is 54.6 Å². The Bertz CT molecular complexity index is 817. The number of alkyl carbamates (subject to hydrolysis) is 1. The molecule has 1 N–H and O–H groups in total. The Morgan fingerprint density at radius 2 is 1.62 bits per heavy atom. The molecule has 1 fully saturated rings. The first-order chi connectivity index (χ1) is 13.8. The van der Waals surface area contributed by atoms with Crippen LogP contribution in [0.3, 0.4) is 0 Å². The van der Waals surface area contributed by atoms with Crippen molar-refractivity contribution in [3.8, 4) is 0 Å². The molecule has 2 aromatic carbocycles. The van der Waals surface area contributed by atoms with Crippen LogP contribution in [0, 0.1) is 0 Å². The second kappa shape index (κ2) is 9.12. The first-order valence-electron chi connectivity index (χ1n) is 10.2. The summed E-state index contributed by atoms with van der Waals surface area (Å²) in [5.41, 5.74) is 2.96. The molecule has 2 amide bonds. The van der Waals surface area contributed by atoms with Gasteiger partial charge in [0.25, 0.3) is 5.91 Å². The highest BCUT2D eigenvalue weighted by molar-refractivity contribution is 5.94. The molecule has 5 nitrogen and oxygen atoms in total. The van der Waals surface area contributed by atoms with E-state index < -0.39 is 6.09 Å². The van der Waals surface area contributed by atoms with Gasteiger partial charge in [-0.3, -0.25) is 4.79 Å². The van der Waals surface area contributed by atoms with E-state index >= 15 is 0 Å². The zero-order valence-corrected chi connectivity index (χ0v) is 17.5. The Hall–Kier alpha value is -2.82. The topological polar surface area (TPSA) is 58.6 Å². The predicted octanol–water partition coefficient (Wildman–Crippen LogP) is 4.52. The van der Waals surface area contributed by atoms with Crippen LogP contribution in [-0.2, 0) is 16.8 Å². The molecule has 1 aliphatic rings. The highest BCUT2D eigenvalue weighted by atomic mass is 16.5. The fraction of sp³-hybridized carbons (Fsp3) is 0.417. The Morgan fingerprint density at radius 3 is 2.21 bits per heavy atom. The van der Waals surface area contributed by atoms with E-state index in [1.807, 2.05) is 59.5 Å². The summed E-state index contributed by atoms with van der Waals surface area (Å²) in [6.45, 7) is 7.99. The summed E-state index contributed by atoms with van der Waals surface area (Å²) in [5, 5.41) is 2.91. The molecule has 0 atom stereocenters. The van der Waals surface area contributed by atoms with Crippen molar-refractivity contribution in [1.82, 2.24) is 10.2 Å². The molecule has 0 unspecified atom stereocenters. The van der Waals surface area contributed by atoms with Gasteiger partial charge in [0.1, 0.15) is 6.61 Å². The number of carbonyl (C=O) groups is 2. The molecule has 1 saturated heterocycles. The number of carbonyl (C=O) groups excluding carboxylic acids is 2. The minimum atomic E-state index is -0.406. The summed E-state index contributed by atoms with van der Waals surface area (Å²) in [4.78, 5) is 26.6. The van der Waals surface area contributed by atoms with Crippen LogP contribution in [-0.4, -0.2) is 36.0 Å². The number of likely N-dealkylation sites (tertiary alicyclic amines) is 1. The number of amides is 2. The molecule has 154 valence electrons. The molecule has 0 aliphatic carbocycles. The van der Waals surface area contributed by atoms with Gasteiger partial charge in [-0.25, -0.2) is 4.79 Å². The lowest BCUT2D eigenvalue weighted by atomic mass is 9.86. The second-order valence-electron chi connectivity index (χ2n) is 8.60. The molecule has 0 spiro atoms. The molecule has 0 saturated carbocycles. The lowest BCUT2D eigenvalue weighted by molar-refractivity contribution is 0.0700. The van der Waals surface area contributed by atoms with Crippen molar-refractivity contribution in [3.63, 3.8) is 0 Å². The van der Waals surface area contributed by atoms with E-state index in [2.05, 4.69) is 26.1 Å². The summed E-state index contributed by atoms with van der Waals surface area (Å²) in [5.74, 6) is 0.0514. The van der Waals surface area contributed by atoms with E-state index in [0.717, 1.165) is 18.4 Å². The van der Waals surface area contributed by atoms with Crippen molar-refractivity contribution >= 4 is 12.0 Å². The van der Waals surface area contributed by atoms with E-state index in [9.17, 15) is 9.59 Å². The normalized spacial score (nSPS) is 15.1. The van der Waals surface area contributed by atoms with Gasteiger partial charge in [0.05, 0.1) is 0 Å². The van der Waals surface area contributed by atoms with E-state index in [-0.39, 0.29) is 24.0 Å². The van der Waals surface area contributed by atoms with Gasteiger partial charge in [0.2, 0.25) is 0 Å². The SMILES string of the molecule is CC(C)(C)c1ccc(C(=O)N2CCC(NC(=O)OCc3ccccc3)CC2)cc1. The first kappa shape index (κ1) is 20.9. The number of rotatable bonds is 4. The average Bonchev–Trinajstić information content (AvgIpc) is 2.72. The van der Waals surface area contributed by atoms with Crippen LogP contribution in [0.25, 0.3) is 0 Å². The van der Waals surface area contributed by atoms with Crippen LogP contribution in [0.2, 0.25) is 0 Å². The van der Waals surface area contributed by atoms with Crippen molar-refractivity contribution in [2.45, 2.75) is 51.7 Å². The predicted molar refractivity (Wildman–Crippen MR) is 114 cm³/mol. The fourth-order valence-electron chi connectivity index (χ4n) is 3.45. The van der Waals surface area contributed by atoms with Gasteiger partial charge in [-0.2, -0.15) is 0 Å². The smallest absolute Gasteiger partial charge is 0.407 e. The summed E-state index contributed by atoms with van der Waals surface area (Å²) >= 11 is 0. The van der Waals surface area contributed by atoms with E-state index in [4.69, 9.17) is 4.74 Å². The average molecular weight is 395 g/mol. The van der Waals surface area contributed by atoms with Crippen LogP contribution < -0.4 is 5.32 Å². The van der Waals surface area contributed by atoms with Gasteiger partial charge in [-0.05, 0) is 41.5 Å². The van der Waals surface area contributed by atoms with Crippen LogP contribution in [0.4, 0.5) is 4.79 Å². The molecule has 5 heteroatoms. The highest BCUT2D eigenvalue weighted by Crippen LogP contribution is 2.23. The lowest BCUT2D eigenvalue weighted by Crippen LogP contribution is -2.46. The molecular weight excluding hydrogens is 364 g/mol. The zero-order valence-electron chi connectivity index (χ0n) is 17.5. The molecule has 0 aromatic heterocycles. The third-order valence-electron chi connectivity index (χ3n) is 5.31. The summed E-state index contributed by atoms with van der Waals surface area (Å²) < 4.78 is 5.28. The first-order valence-corrected chi connectivity index (χ1v) is 10.2. The standard InChI is InChI=1S/C24H30N2O3/c1-24(2,3)20-11-9-19(10-12-20)22(27)26-15-13-21(14-16-26)25-23(28)29-17-18-7-5-4-6-8-18/h4-12,21H,13-17H2,1-3H3,(H,25,28). The molecule has 2 aromatic rings. The Morgan fingerprint density at radius 1 is 1.00 bits per heavy atom. The molecule has 1 heterocycles. The molecule has 1 aliphatic heterocycles. The fourth-order valence-corrected chi connectivity index (χ4v) is 3.45. The Balaban J connectivity index is 1.45. The quantitative estimate of drug-likeness (QED) is 0.830. The third kappa shape index (κ3) is 5.83. The summed E-state index contributed by atoms with van der Waals surface area (Å²) in [6, 6.07) is 17.5. The summed E-state index contributed by atoms with van der Waals surface area (Å²) in [7, 11) is 0. The summed E-state index contributed by atoms with van der Waals surface area (Å²) in [6.07, 6.45) is 1.05. The second-order valence-corrected chi connectivity index (χ2v) is 8.60. The zero-order chi connectivity index (χ0) is 20.9. The van der Waals surface area contributed by atoms with Gasteiger partial charge >= 0.3 is 6.09 Å². The largest absolute Gasteiger partial charge is 0.445 e. The molecule has 29 heavy (non-hydrogen) atoms. The molecule has 3 rings (SSSR count). The monoisotopic (exact) mass is 394 g/mol. The number of hydrogen-bond donors (Lipinski definition) is 1. The number of nitrogens with one attached hydrogen (secondary N) is 1. The Labute approximate surface area is 173 Å². The molecule has 0 radical (unpaired) electrons. The molecule has 0 bridgehead atoms. The highest BCUT2D eigenvalue weighted by Gasteiger charge is 2.25. The van der Waals surface area contributed by atoms with Gasteiger partial charge < -0.3 is 15.0 Å². The maximum absolute atomic E-state index is 12.8. The number of nitrogens with zero attached hydrogens (tertiary/aromatic N) is 1. The Kier molecular flexibility index (Phi) is 6.57. The number of ether oxygens (including phenoxy) is 1. The third-order valence-corrected chi connectivity index (χ3v) is 5.31. The van der Waals surface area contributed by atoms with E-state index in [1.165, 1.54) is 5.56 Å². The van der Waals surface area contributed by atoms with Crippen molar-refractivity contribution in [2.75, 3.05) is 13.1 Å². The van der Waals surface area contributed by atoms with Crippen molar-refractivity contribution in [2.24, 2.45) is 0 Å². The maximum Gasteiger partial charge on any atom is 0.407 e. The van der Waals surface area contributed by atoms with Crippen LogP contribution in [0.1, 0.15) is 55.1 Å². The van der Waals surface area contributed by atoms with Gasteiger partial charge in [0.15, 0.2) is 0 Å². The number of benzene rings is 2. The number of hydrogen-bond acceptors (Lipinski definition) is 3. The molecular formula is C24H30N2O3. The van der Waals surface area contributed by atoms with Gasteiger partial charge in [-0.1, -0.05) is 63.2 Å². The number of piperidine rings is 1. The van der Waals surface area contributed by atoms with Crippen molar-refractivity contribution < 1.29 is 14.3 Å². The van der Waals surface area contributed by atoms with E-state index in [1.54, 1.807) is 0 Å². The van der Waals surface area contributed by atoms with Gasteiger partial charge in [-0.15, -0.1) is 0 Å². The van der Waals surface area contributed by atoms with Crippen molar-refractivity contribution in [1.29, 1.82) is 0 Å². The lowest BCUT2D eigenvalue weighted by Gasteiger charge is -2.32. The van der Waals surface area contributed by atoms with Crippen LogP contribution in [0.5, 0.6) is 0 Å². The van der Waals surface area contributed by atoms with Crippen molar-refractivity contribution in [3.05, 3.63) is 71.3 Å². The minimum Gasteiger partial charge on any atom is -0.445 e. The maximum atomic E-state index is 12.8. The minimum absolute atomic E-state index is 0.0330. The van der Waals surface area contributed by atoms with Crippen LogP contribution >= 0.6 is 0 Å². The van der Waals surface area contributed by atoms with Gasteiger partial charge in [0, 0.05) is 24.7 Å².